The van der Waals surface area contributed by atoms with Gasteiger partial charge in [-0.3, -0.25) is 0 Å². The molecule has 0 bridgehead atoms. The summed E-state index contributed by atoms with van der Waals surface area (Å²) < 4.78 is 37.0. The van der Waals surface area contributed by atoms with Crippen LogP contribution in [0.4, 0.5) is 4.39 Å². The Morgan fingerprint density at radius 1 is 1.14 bits per heavy atom. The van der Waals surface area contributed by atoms with Gasteiger partial charge < -0.3 is 5.32 Å². The second-order valence-electron chi connectivity index (χ2n) is 4.98. The molecule has 0 aliphatic heterocycles. The fourth-order valence-corrected chi connectivity index (χ4v) is 2.91. The highest BCUT2D eigenvalue weighted by Crippen LogP contribution is 2.22. The van der Waals surface area contributed by atoms with Crippen LogP contribution in [0.1, 0.15) is 17.2 Å². The Labute approximate surface area is 124 Å². The Morgan fingerprint density at radius 3 is 2.48 bits per heavy atom. The van der Waals surface area contributed by atoms with Gasteiger partial charge >= 0.3 is 0 Å². The van der Waals surface area contributed by atoms with Crippen molar-refractivity contribution in [1.29, 1.82) is 0 Å². The zero-order valence-corrected chi connectivity index (χ0v) is 12.8. The SMILES string of the molecule is CNC(Cc1ccccc1F)c1cccc(S(C)(=O)=O)c1. The average molecular weight is 307 g/mol. The summed E-state index contributed by atoms with van der Waals surface area (Å²) in [4.78, 5) is 0.272. The van der Waals surface area contributed by atoms with E-state index in [1.54, 1.807) is 43.4 Å². The number of halogens is 1. The fraction of sp³-hybridized carbons (Fsp3) is 0.250. The summed E-state index contributed by atoms with van der Waals surface area (Å²) in [5.74, 6) is -0.253. The third-order valence-electron chi connectivity index (χ3n) is 3.42. The Hall–Kier alpha value is -1.72. The van der Waals surface area contributed by atoms with Crippen LogP contribution in [0.3, 0.4) is 0 Å². The first kappa shape index (κ1) is 15.7. The predicted molar refractivity (Wildman–Crippen MR) is 81.5 cm³/mol. The van der Waals surface area contributed by atoms with Crippen LogP contribution in [0.2, 0.25) is 0 Å². The van der Waals surface area contributed by atoms with Crippen molar-refractivity contribution < 1.29 is 12.8 Å². The lowest BCUT2D eigenvalue weighted by Crippen LogP contribution is -2.19. The van der Waals surface area contributed by atoms with E-state index in [-0.39, 0.29) is 16.8 Å². The van der Waals surface area contributed by atoms with Crippen LogP contribution in [0.25, 0.3) is 0 Å². The molecule has 2 aromatic rings. The Morgan fingerprint density at radius 2 is 1.86 bits per heavy atom. The van der Waals surface area contributed by atoms with Gasteiger partial charge in [-0.15, -0.1) is 0 Å². The minimum Gasteiger partial charge on any atom is -0.313 e. The third-order valence-corrected chi connectivity index (χ3v) is 4.53. The molecule has 0 fully saturated rings. The van der Waals surface area contributed by atoms with Crippen LogP contribution in [-0.2, 0) is 16.3 Å². The zero-order valence-electron chi connectivity index (χ0n) is 12.0. The van der Waals surface area contributed by atoms with Crippen LogP contribution >= 0.6 is 0 Å². The highest BCUT2D eigenvalue weighted by molar-refractivity contribution is 7.90. The van der Waals surface area contributed by atoms with Crippen molar-refractivity contribution >= 4 is 9.84 Å². The number of nitrogens with one attached hydrogen (secondary N) is 1. The van der Waals surface area contributed by atoms with Gasteiger partial charge in [-0.1, -0.05) is 30.3 Å². The van der Waals surface area contributed by atoms with E-state index in [0.29, 0.717) is 12.0 Å². The van der Waals surface area contributed by atoms with Crippen molar-refractivity contribution in [1.82, 2.24) is 5.32 Å². The second-order valence-corrected chi connectivity index (χ2v) is 7.00. The quantitative estimate of drug-likeness (QED) is 0.924. The minimum absolute atomic E-state index is 0.149. The van der Waals surface area contributed by atoms with Crippen molar-refractivity contribution in [2.45, 2.75) is 17.4 Å². The number of sulfone groups is 1. The van der Waals surface area contributed by atoms with E-state index in [2.05, 4.69) is 5.32 Å². The van der Waals surface area contributed by atoms with Crippen LogP contribution in [-0.4, -0.2) is 21.7 Å². The van der Waals surface area contributed by atoms with Crippen molar-refractivity contribution in [3.05, 3.63) is 65.5 Å². The average Bonchev–Trinajstić information content (AvgIpc) is 2.46. The molecular weight excluding hydrogens is 289 g/mol. The molecule has 112 valence electrons. The lowest BCUT2D eigenvalue weighted by atomic mass is 9.99. The van der Waals surface area contributed by atoms with E-state index in [0.717, 1.165) is 5.56 Å². The van der Waals surface area contributed by atoms with Crippen molar-refractivity contribution in [3.63, 3.8) is 0 Å². The van der Waals surface area contributed by atoms with Crippen molar-refractivity contribution in [2.24, 2.45) is 0 Å². The summed E-state index contributed by atoms with van der Waals surface area (Å²) in [5, 5.41) is 3.11. The number of rotatable bonds is 5. The van der Waals surface area contributed by atoms with E-state index < -0.39 is 9.84 Å². The Kier molecular flexibility index (Phi) is 4.75. The molecule has 0 aliphatic carbocycles. The number of hydrogen-bond donors (Lipinski definition) is 1. The van der Waals surface area contributed by atoms with E-state index in [1.807, 2.05) is 6.07 Å². The van der Waals surface area contributed by atoms with Gasteiger partial charge in [0.1, 0.15) is 5.82 Å². The number of likely N-dealkylation sites (N-methyl/N-ethyl adjacent to an activating group) is 1. The molecule has 1 unspecified atom stereocenters. The van der Waals surface area contributed by atoms with Gasteiger partial charge in [-0.05, 0) is 42.8 Å². The van der Waals surface area contributed by atoms with Crippen LogP contribution < -0.4 is 5.32 Å². The smallest absolute Gasteiger partial charge is 0.175 e. The molecule has 3 nitrogen and oxygen atoms in total. The zero-order chi connectivity index (χ0) is 15.5. The lowest BCUT2D eigenvalue weighted by molar-refractivity contribution is 0.553. The molecule has 0 aromatic heterocycles. The Bertz CT molecular complexity index is 729. The van der Waals surface area contributed by atoms with Gasteiger partial charge in [0, 0.05) is 12.3 Å². The van der Waals surface area contributed by atoms with Crippen molar-refractivity contribution in [3.8, 4) is 0 Å². The van der Waals surface area contributed by atoms with Gasteiger partial charge in [0.15, 0.2) is 9.84 Å². The van der Waals surface area contributed by atoms with E-state index >= 15 is 0 Å². The highest BCUT2D eigenvalue weighted by Gasteiger charge is 2.15. The second kappa shape index (κ2) is 6.37. The maximum absolute atomic E-state index is 13.7. The maximum atomic E-state index is 13.7. The first-order valence-corrected chi connectivity index (χ1v) is 8.51. The van der Waals surface area contributed by atoms with Crippen LogP contribution in [0.5, 0.6) is 0 Å². The molecule has 0 radical (unpaired) electrons. The molecule has 0 amide bonds. The van der Waals surface area contributed by atoms with Gasteiger partial charge in [0.2, 0.25) is 0 Å². The summed E-state index contributed by atoms with van der Waals surface area (Å²) >= 11 is 0. The molecule has 2 rings (SSSR count). The molecular formula is C16H18FNO2S. The molecule has 1 N–H and O–H groups in total. The minimum atomic E-state index is -3.25. The van der Waals surface area contributed by atoms with E-state index in [4.69, 9.17) is 0 Å². The highest BCUT2D eigenvalue weighted by atomic mass is 32.2. The fourth-order valence-electron chi connectivity index (χ4n) is 2.23. The largest absolute Gasteiger partial charge is 0.313 e. The normalized spacial score (nSPS) is 13.1. The van der Waals surface area contributed by atoms with E-state index in [9.17, 15) is 12.8 Å². The van der Waals surface area contributed by atoms with Crippen LogP contribution in [0, 0.1) is 5.82 Å². The first-order chi connectivity index (χ1) is 9.91. The van der Waals surface area contributed by atoms with Gasteiger partial charge in [0.25, 0.3) is 0 Å². The molecule has 2 aromatic carbocycles. The number of benzene rings is 2. The molecule has 0 aliphatic rings. The van der Waals surface area contributed by atoms with Gasteiger partial charge in [-0.25, -0.2) is 12.8 Å². The third kappa shape index (κ3) is 3.89. The first-order valence-electron chi connectivity index (χ1n) is 6.62. The van der Waals surface area contributed by atoms with Crippen LogP contribution in [0.15, 0.2) is 53.4 Å². The monoisotopic (exact) mass is 307 g/mol. The molecule has 21 heavy (non-hydrogen) atoms. The van der Waals surface area contributed by atoms with Crippen molar-refractivity contribution in [2.75, 3.05) is 13.3 Å². The van der Waals surface area contributed by atoms with Gasteiger partial charge in [0.05, 0.1) is 4.90 Å². The Balaban J connectivity index is 2.32. The summed E-state index contributed by atoms with van der Waals surface area (Å²) in [6.07, 6.45) is 1.63. The number of hydrogen-bond acceptors (Lipinski definition) is 3. The molecule has 5 heteroatoms. The molecule has 0 spiro atoms. The molecule has 1 atom stereocenters. The standard InChI is InChI=1S/C16H18FNO2S/c1-18-16(11-12-6-3-4-9-15(12)17)13-7-5-8-14(10-13)21(2,19)20/h3-10,16,18H,11H2,1-2H3. The lowest BCUT2D eigenvalue weighted by Gasteiger charge is -2.18. The summed E-state index contributed by atoms with van der Waals surface area (Å²) in [5.41, 5.74) is 1.42. The maximum Gasteiger partial charge on any atom is 0.175 e. The summed E-state index contributed by atoms with van der Waals surface area (Å²) in [7, 11) is -1.47. The molecule has 0 saturated carbocycles. The topological polar surface area (TPSA) is 46.2 Å². The molecule has 0 saturated heterocycles. The van der Waals surface area contributed by atoms with E-state index in [1.165, 1.54) is 12.3 Å². The predicted octanol–water partition coefficient (Wildman–Crippen LogP) is 2.73. The van der Waals surface area contributed by atoms with Gasteiger partial charge in [-0.2, -0.15) is 0 Å². The molecule has 0 heterocycles. The summed E-state index contributed by atoms with van der Waals surface area (Å²) in [6.45, 7) is 0. The summed E-state index contributed by atoms with van der Waals surface area (Å²) in [6, 6.07) is 13.2.